The van der Waals surface area contributed by atoms with Gasteiger partial charge in [0.25, 0.3) is 5.91 Å². The van der Waals surface area contributed by atoms with Crippen LogP contribution in [0.1, 0.15) is 28.9 Å². The van der Waals surface area contributed by atoms with Crippen LogP contribution in [0.3, 0.4) is 0 Å². The Morgan fingerprint density at radius 1 is 1.16 bits per heavy atom. The van der Waals surface area contributed by atoms with Crippen molar-refractivity contribution in [2.45, 2.75) is 13.0 Å². The molecule has 0 aliphatic rings. The minimum Gasteiger partial charge on any atom is -0.452 e. The lowest BCUT2D eigenvalue weighted by Crippen LogP contribution is -2.31. The molecule has 128 valence electrons. The minimum atomic E-state index is -0.535. The molecule has 1 aromatic heterocycles. The van der Waals surface area contributed by atoms with Gasteiger partial charge in [0.15, 0.2) is 6.61 Å². The smallest absolute Gasteiger partial charge is 0.340 e. The number of esters is 1. The van der Waals surface area contributed by atoms with E-state index in [1.165, 1.54) is 0 Å². The number of rotatable bonds is 5. The number of hydrogen-bond donors (Lipinski definition) is 2. The number of halogens is 1. The van der Waals surface area contributed by atoms with Crippen LogP contribution in [-0.4, -0.2) is 23.5 Å². The highest BCUT2D eigenvalue weighted by atomic mass is 35.5. The molecule has 5 nitrogen and oxygen atoms in total. The van der Waals surface area contributed by atoms with E-state index in [-0.39, 0.29) is 18.6 Å². The van der Waals surface area contributed by atoms with Gasteiger partial charge in [0.1, 0.15) is 0 Å². The van der Waals surface area contributed by atoms with Gasteiger partial charge >= 0.3 is 5.97 Å². The number of ether oxygens (including phenoxy) is 1. The maximum Gasteiger partial charge on any atom is 0.340 e. The Bertz CT molecular complexity index is 902. The zero-order valence-corrected chi connectivity index (χ0v) is 14.3. The normalized spacial score (nSPS) is 11.9. The van der Waals surface area contributed by atoms with Crippen LogP contribution in [0.5, 0.6) is 0 Å². The Morgan fingerprint density at radius 2 is 1.88 bits per heavy atom. The second kappa shape index (κ2) is 7.40. The second-order valence-corrected chi connectivity index (χ2v) is 6.10. The number of hydrogen-bond acceptors (Lipinski definition) is 3. The number of aromatic amines is 1. The van der Waals surface area contributed by atoms with Crippen molar-refractivity contribution in [1.29, 1.82) is 0 Å². The van der Waals surface area contributed by atoms with Gasteiger partial charge in [-0.3, -0.25) is 4.79 Å². The SMILES string of the molecule is C[C@@H](NC(=O)COC(=O)c1c[nH]c2ccccc12)c1ccc(Cl)cc1. The standard InChI is InChI=1S/C19H17ClN2O3/c1-12(13-6-8-14(20)9-7-13)22-18(23)11-25-19(24)16-10-21-17-5-3-2-4-15(16)17/h2-10,12,21H,11H2,1H3,(H,22,23)/t12-/m1/s1. The Kier molecular flexibility index (Phi) is 5.05. The lowest BCUT2D eigenvalue weighted by Gasteiger charge is -2.14. The number of amides is 1. The Balaban J connectivity index is 1.56. The summed E-state index contributed by atoms with van der Waals surface area (Å²) in [6.07, 6.45) is 1.58. The molecule has 0 saturated heterocycles. The molecule has 3 rings (SSSR count). The van der Waals surface area contributed by atoms with Crippen molar-refractivity contribution >= 4 is 34.4 Å². The Labute approximate surface area is 149 Å². The highest BCUT2D eigenvalue weighted by molar-refractivity contribution is 6.30. The van der Waals surface area contributed by atoms with Gasteiger partial charge in [-0.05, 0) is 30.7 Å². The van der Waals surface area contributed by atoms with Crippen LogP contribution < -0.4 is 5.32 Å². The summed E-state index contributed by atoms with van der Waals surface area (Å²) in [5.74, 6) is -0.901. The van der Waals surface area contributed by atoms with Crippen LogP contribution in [0.25, 0.3) is 10.9 Å². The molecule has 3 aromatic rings. The maximum absolute atomic E-state index is 12.2. The number of fused-ring (bicyclic) bond motifs is 1. The van der Waals surface area contributed by atoms with E-state index in [1.54, 1.807) is 18.3 Å². The second-order valence-electron chi connectivity index (χ2n) is 5.66. The zero-order valence-electron chi connectivity index (χ0n) is 13.6. The van der Waals surface area contributed by atoms with Crippen molar-refractivity contribution in [2.75, 3.05) is 6.61 Å². The predicted molar refractivity (Wildman–Crippen MR) is 96.6 cm³/mol. The molecule has 0 bridgehead atoms. The molecule has 1 amide bonds. The number of aromatic nitrogens is 1. The molecule has 6 heteroatoms. The number of H-pyrrole nitrogens is 1. The monoisotopic (exact) mass is 356 g/mol. The molecular weight excluding hydrogens is 340 g/mol. The van der Waals surface area contributed by atoms with Gasteiger partial charge < -0.3 is 15.0 Å². The first-order chi connectivity index (χ1) is 12.0. The molecule has 25 heavy (non-hydrogen) atoms. The predicted octanol–water partition coefficient (Wildman–Crippen LogP) is 3.86. The zero-order chi connectivity index (χ0) is 17.8. The van der Waals surface area contributed by atoms with E-state index < -0.39 is 5.97 Å². The van der Waals surface area contributed by atoms with Crippen LogP contribution in [0.2, 0.25) is 5.02 Å². The molecule has 0 fully saturated rings. The topological polar surface area (TPSA) is 71.2 Å². The number of para-hydroxylation sites is 1. The van der Waals surface area contributed by atoms with Crippen LogP contribution in [0.4, 0.5) is 0 Å². The summed E-state index contributed by atoms with van der Waals surface area (Å²) in [4.78, 5) is 27.2. The average Bonchev–Trinajstić information content (AvgIpc) is 3.04. The summed E-state index contributed by atoms with van der Waals surface area (Å²) in [7, 11) is 0. The van der Waals surface area contributed by atoms with Crippen LogP contribution in [0.15, 0.2) is 54.7 Å². The van der Waals surface area contributed by atoms with E-state index in [1.807, 2.05) is 43.3 Å². The third-order valence-electron chi connectivity index (χ3n) is 3.89. The van der Waals surface area contributed by atoms with Gasteiger partial charge in [-0.1, -0.05) is 41.9 Å². The van der Waals surface area contributed by atoms with E-state index >= 15 is 0 Å². The first-order valence-corrected chi connectivity index (χ1v) is 8.20. The summed E-state index contributed by atoms with van der Waals surface area (Å²) in [6, 6.07) is 14.4. The molecule has 0 saturated carbocycles. The van der Waals surface area contributed by atoms with Gasteiger partial charge in [-0.25, -0.2) is 4.79 Å². The van der Waals surface area contributed by atoms with Crippen LogP contribution in [-0.2, 0) is 9.53 Å². The quantitative estimate of drug-likeness (QED) is 0.682. The van der Waals surface area contributed by atoms with Gasteiger partial charge in [0.05, 0.1) is 11.6 Å². The summed E-state index contributed by atoms with van der Waals surface area (Å²) in [5, 5.41) is 4.19. The molecular formula is C19H17ClN2O3. The first kappa shape index (κ1) is 17.0. The number of carbonyl (C=O) groups is 2. The van der Waals surface area contributed by atoms with E-state index in [4.69, 9.17) is 16.3 Å². The van der Waals surface area contributed by atoms with Crippen molar-refractivity contribution in [3.05, 3.63) is 70.9 Å². The van der Waals surface area contributed by atoms with Crippen LogP contribution >= 0.6 is 11.6 Å². The number of benzene rings is 2. The summed E-state index contributed by atoms with van der Waals surface area (Å²) < 4.78 is 5.12. The van der Waals surface area contributed by atoms with Crippen molar-refractivity contribution in [3.63, 3.8) is 0 Å². The minimum absolute atomic E-state index is 0.212. The van der Waals surface area contributed by atoms with E-state index in [0.717, 1.165) is 16.5 Å². The molecule has 0 aliphatic heterocycles. The summed E-state index contributed by atoms with van der Waals surface area (Å²) >= 11 is 5.85. The number of carbonyl (C=O) groups excluding carboxylic acids is 2. The van der Waals surface area contributed by atoms with Gasteiger partial charge in [-0.2, -0.15) is 0 Å². The fraction of sp³-hybridized carbons (Fsp3) is 0.158. The molecule has 1 heterocycles. The lowest BCUT2D eigenvalue weighted by molar-refractivity contribution is -0.124. The average molecular weight is 357 g/mol. The van der Waals surface area contributed by atoms with Crippen molar-refractivity contribution in [3.8, 4) is 0 Å². The molecule has 0 radical (unpaired) electrons. The van der Waals surface area contributed by atoms with E-state index in [2.05, 4.69) is 10.3 Å². The molecule has 0 spiro atoms. The molecule has 2 N–H and O–H groups in total. The third kappa shape index (κ3) is 4.00. The Hall–Kier alpha value is -2.79. The van der Waals surface area contributed by atoms with Crippen molar-refractivity contribution in [2.24, 2.45) is 0 Å². The Morgan fingerprint density at radius 3 is 2.64 bits per heavy atom. The van der Waals surface area contributed by atoms with Crippen molar-refractivity contribution in [1.82, 2.24) is 10.3 Å². The lowest BCUT2D eigenvalue weighted by atomic mass is 10.1. The van der Waals surface area contributed by atoms with Crippen molar-refractivity contribution < 1.29 is 14.3 Å². The first-order valence-electron chi connectivity index (χ1n) is 7.82. The van der Waals surface area contributed by atoms with E-state index in [9.17, 15) is 9.59 Å². The largest absolute Gasteiger partial charge is 0.452 e. The fourth-order valence-electron chi connectivity index (χ4n) is 2.57. The van der Waals surface area contributed by atoms with Gasteiger partial charge in [-0.15, -0.1) is 0 Å². The number of nitrogens with one attached hydrogen (secondary N) is 2. The highest BCUT2D eigenvalue weighted by Crippen LogP contribution is 2.19. The summed E-state index contributed by atoms with van der Waals surface area (Å²) in [5.41, 5.74) is 2.17. The molecule has 1 atom stereocenters. The van der Waals surface area contributed by atoms with Gasteiger partial charge in [0, 0.05) is 22.1 Å². The molecule has 0 unspecified atom stereocenters. The van der Waals surface area contributed by atoms with Crippen LogP contribution in [0, 0.1) is 0 Å². The summed E-state index contributed by atoms with van der Waals surface area (Å²) in [6.45, 7) is 1.51. The molecule has 2 aromatic carbocycles. The fourth-order valence-corrected chi connectivity index (χ4v) is 2.69. The third-order valence-corrected chi connectivity index (χ3v) is 4.14. The van der Waals surface area contributed by atoms with Gasteiger partial charge in [0.2, 0.25) is 0 Å². The molecule has 0 aliphatic carbocycles. The van der Waals surface area contributed by atoms with E-state index in [0.29, 0.717) is 10.6 Å². The maximum atomic E-state index is 12.2. The highest BCUT2D eigenvalue weighted by Gasteiger charge is 2.16.